The van der Waals surface area contributed by atoms with Crippen LogP contribution in [-0.4, -0.2) is 19.4 Å². The molecule has 5 heteroatoms. The van der Waals surface area contributed by atoms with E-state index in [1.165, 1.54) is 10.2 Å². The summed E-state index contributed by atoms with van der Waals surface area (Å²) in [6.45, 7) is 2.71. The Morgan fingerprint density at radius 1 is 1.50 bits per heavy atom. The molecule has 1 aromatic rings. The third-order valence-corrected chi connectivity index (χ3v) is 4.02. The Hall–Kier alpha value is -0.680. The Labute approximate surface area is 106 Å². The van der Waals surface area contributed by atoms with Gasteiger partial charge in [-0.2, -0.15) is 0 Å². The lowest BCUT2D eigenvalue weighted by atomic mass is 9.99. The number of aryl methyl sites for hydroxylation is 1. The summed E-state index contributed by atoms with van der Waals surface area (Å²) in [5.41, 5.74) is 3.19. The Balaban J connectivity index is 2.58. The molecule has 1 aromatic carbocycles. The fraction of sp³-hybridized carbons (Fsp3) is 0.364. The summed E-state index contributed by atoms with van der Waals surface area (Å²) < 4.78 is 5.72. The lowest BCUT2D eigenvalue weighted by Gasteiger charge is -2.22. The molecule has 0 N–H and O–H groups in total. The molecule has 2 rings (SSSR count). The van der Waals surface area contributed by atoms with Gasteiger partial charge in [0, 0.05) is 12.0 Å². The fourth-order valence-electron chi connectivity index (χ4n) is 1.80. The summed E-state index contributed by atoms with van der Waals surface area (Å²) in [6.07, 6.45) is 0.790. The van der Waals surface area contributed by atoms with Gasteiger partial charge in [0.2, 0.25) is 0 Å². The van der Waals surface area contributed by atoms with Crippen LogP contribution in [0.2, 0.25) is 0 Å². The van der Waals surface area contributed by atoms with Crippen molar-refractivity contribution in [3.05, 3.63) is 23.3 Å². The lowest BCUT2D eigenvalue weighted by Crippen LogP contribution is -2.18. The SMILES string of the molecule is CON=C1CCOc2c(SBr)ccc(C)c21. The van der Waals surface area contributed by atoms with Gasteiger partial charge >= 0.3 is 0 Å². The lowest BCUT2D eigenvalue weighted by molar-refractivity contribution is 0.210. The van der Waals surface area contributed by atoms with Crippen LogP contribution in [0.25, 0.3) is 0 Å². The Morgan fingerprint density at radius 2 is 2.31 bits per heavy atom. The van der Waals surface area contributed by atoms with Crippen molar-refractivity contribution >= 4 is 30.7 Å². The number of fused-ring (bicyclic) bond motifs is 1. The second-order valence-corrected chi connectivity index (χ2v) is 5.05. The zero-order valence-corrected chi connectivity index (χ0v) is 11.5. The van der Waals surface area contributed by atoms with Gasteiger partial charge in [0.1, 0.15) is 12.9 Å². The average Bonchev–Trinajstić information content (AvgIpc) is 2.30. The predicted octanol–water partition coefficient (Wildman–Crippen LogP) is 3.53. The molecule has 1 aliphatic heterocycles. The quantitative estimate of drug-likeness (QED) is 0.783. The molecule has 0 unspecified atom stereocenters. The van der Waals surface area contributed by atoms with Gasteiger partial charge < -0.3 is 9.57 Å². The van der Waals surface area contributed by atoms with Crippen LogP contribution in [0.1, 0.15) is 17.5 Å². The number of hydrogen-bond acceptors (Lipinski definition) is 4. The summed E-state index contributed by atoms with van der Waals surface area (Å²) in [4.78, 5) is 5.95. The number of nitrogens with zero attached hydrogens (tertiary/aromatic N) is 1. The third-order valence-electron chi connectivity index (χ3n) is 2.49. The summed E-state index contributed by atoms with van der Waals surface area (Å²) in [6, 6.07) is 4.12. The molecule has 86 valence electrons. The molecule has 3 nitrogen and oxygen atoms in total. The standard InChI is InChI=1S/C11H12BrNO2S/c1-7-3-4-9(16-12)11-10(7)8(13-14-2)5-6-15-11/h3-4H,5-6H2,1-2H3. The van der Waals surface area contributed by atoms with Crippen molar-refractivity contribution in [1.29, 1.82) is 0 Å². The summed E-state index contributed by atoms with van der Waals surface area (Å²) in [7, 11) is 3.07. The van der Waals surface area contributed by atoms with Gasteiger partial charge in [-0.25, -0.2) is 0 Å². The minimum Gasteiger partial charge on any atom is -0.491 e. The number of benzene rings is 1. The number of hydrogen-bond donors (Lipinski definition) is 0. The summed E-state index contributed by atoms with van der Waals surface area (Å²) in [5.74, 6) is 0.906. The second-order valence-electron chi connectivity index (χ2n) is 3.48. The molecule has 0 aromatic heterocycles. The van der Waals surface area contributed by atoms with Crippen molar-refractivity contribution in [3.8, 4) is 5.75 Å². The Morgan fingerprint density at radius 3 is 3.00 bits per heavy atom. The van der Waals surface area contributed by atoms with Crippen molar-refractivity contribution < 1.29 is 9.57 Å². The molecule has 0 fully saturated rings. The molecule has 0 atom stereocenters. The molecule has 0 saturated heterocycles. The van der Waals surface area contributed by atoms with Crippen molar-refractivity contribution in [2.24, 2.45) is 5.16 Å². The molecule has 0 spiro atoms. The van der Waals surface area contributed by atoms with Gasteiger partial charge in [-0.1, -0.05) is 11.2 Å². The normalized spacial score (nSPS) is 16.8. The van der Waals surface area contributed by atoms with Gasteiger partial charge in [0.25, 0.3) is 0 Å². The molecular weight excluding hydrogens is 290 g/mol. The zero-order chi connectivity index (χ0) is 11.5. The molecule has 0 radical (unpaired) electrons. The van der Waals surface area contributed by atoms with E-state index in [0.29, 0.717) is 6.61 Å². The van der Waals surface area contributed by atoms with Crippen LogP contribution < -0.4 is 4.74 Å². The predicted molar refractivity (Wildman–Crippen MR) is 69.6 cm³/mol. The van der Waals surface area contributed by atoms with Gasteiger partial charge in [-0.05, 0) is 43.6 Å². The second kappa shape index (κ2) is 5.10. The minimum absolute atomic E-state index is 0.652. The molecule has 0 bridgehead atoms. The van der Waals surface area contributed by atoms with E-state index in [4.69, 9.17) is 9.57 Å². The van der Waals surface area contributed by atoms with Crippen LogP contribution in [0, 0.1) is 6.92 Å². The van der Waals surface area contributed by atoms with Crippen molar-refractivity contribution in [3.63, 3.8) is 0 Å². The van der Waals surface area contributed by atoms with Crippen LogP contribution in [-0.2, 0) is 4.84 Å². The first-order valence-electron chi connectivity index (χ1n) is 4.93. The fourth-order valence-corrected chi connectivity index (χ4v) is 2.92. The Kier molecular flexibility index (Phi) is 3.76. The molecular formula is C11H12BrNO2S. The van der Waals surface area contributed by atoms with E-state index in [1.807, 2.05) is 6.07 Å². The highest BCUT2D eigenvalue weighted by molar-refractivity contribution is 9.50. The number of oxime groups is 1. The van der Waals surface area contributed by atoms with Crippen LogP contribution in [0.5, 0.6) is 5.75 Å². The smallest absolute Gasteiger partial charge is 0.143 e. The first-order valence-corrected chi connectivity index (χ1v) is 7.59. The largest absolute Gasteiger partial charge is 0.491 e. The molecule has 16 heavy (non-hydrogen) atoms. The Bertz CT molecular complexity index is 434. The van der Waals surface area contributed by atoms with E-state index in [0.717, 1.165) is 33.9 Å². The molecule has 0 saturated carbocycles. The topological polar surface area (TPSA) is 30.8 Å². The van der Waals surface area contributed by atoms with Gasteiger partial charge in [-0.3, -0.25) is 0 Å². The number of ether oxygens (including phenoxy) is 1. The van der Waals surface area contributed by atoms with E-state index in [9.17, 15) is 0 Å². The van der Waals surface area contributed by atoms with Gasteiger partial charge in [0.15, 0.2) is 0 Å². The maximum absolute atomic E-state index is 5.72. The van der Waals surface area contributed by atoms with Crippen LogP contribution in [0.3, 0.4) is 0 Å². The highest BCUT2D eigenvalue weighted by atomic mass is 79.9. The number of rotatable bonds is 2. The average molecular weight is 302 g/mol. The van der Waals surface area contributed by atoms with E-state index in [-0.39, 0.29) is 0 Å². The van der Waals surface area contributed by atoms with Crippen molar-refractivity contribution in [2.75, 3.05) is 13.7 Å². The maximum atomic E-state index is 5.72. The molecule has 0 aliphatic carbocycles. The monoisotopic (exact) mass is 301 g/mol. The highest BCUT2D eigenvalue weighted by Crippen LogP contribution is 2.40. The molecule has 1 aliphatic rings. The third kappa shape index (κ3) is 2.06. The minimum atomic E-state index is 0.652. The van der Waals surface area contributed by atoms with Gasteiger partial charge in [0.05, 0.1) is 17.2 Å². The molecule has 0 amide bonds. The molecule has 1 heterocycles. The van der Waals surface area contributed by atoms with E-state index in [2.05, 4.69) is 33.0 Å². The highest BCUT2D eigenvalue weighted by Gasteiger charge is 2.22. The maximum Gasteiger partial charge on any atom is 0.143 e. The van der Waals surface area contributed by atoms with E-state index >= 15 is 0 Å². The van der Waals surface area contributed by atoms with Crippen LogP contribution in [0.15, 0.2) is 22.2 Å². The number of halogens is 1. The first kappa shape index (κ1) is 11.8. The van der Waals surface area contributed by atoms with E-state index in [1.54, 1.807) is 7.11 Å². The van der Waals surface area contributed by atoms with E-state index < -0.39 is 0 Å². The zero-order valence-electron chi connectivity index (χ0n) is 9.12. The van der Waals surface area contributed by atoms with Gasteiger partial charge in [-0.15, -0.1) is 0 Å². The van der Waals surface area contributed by atoms with Crippen molar-refractivity contribution in [1.82, 2.24) is 0 Å². The van der Waals surface area contributed by atoms with Crippen LogP contribution in [0.4, 0.5) is 0 Å². The van der Waals surface area contributed by atoms with Crippen molar-refractivity contribution in [2.45, 2.75) is 18.2 Å². The summed E-state index contributed by atoms with van der Waals surface area (Å²) >= 11 is 3.39. The first-order chi connectivity index (χ1) is 7.77. The summed E-state index contributed by atoms with van der Waals surface area (Å²) in [5, 5.41) is 4.07. The van der Waals surface area contributed by atoms with Crippen LogP contribution >= 0.6 is 25.0 Å².